The molecule has 1 aliphatic rings. The number of allylic oxidation sites excluding steroid dienone is 1. The van der Waals surface area contributed by atoms with E-state index in [0.29, 0.717) is 9.23 Å². The zero-order chi connectivity index (χ0) is 11.7. The quantitative estimate of drug-likeness (QED) is 0.613. The Kier molecular flexibility index (Phi) is 3.12. The third-order valence-electron chi connectivity index (χ3n) is 2.41. The first-order valence-corrected chi connectivity index (χ1v) is 6.11. The lowest BCUT2D eigenvalue weighted by Gasteiger charge is -2.04. The molecule has 1 heterocycles. The number of carbonyl (C=O) groups is 1. The van der Waals surface area contributed by atoms with Gasteiger partial charge in [-0.15, -0.1) is 0 Å². The molecule has 1 fully saturated rings. The molecule has 0 bridgehead atoms. The fraction of sp³-hybridized carbons (Fsp3) is 0.167. The van der Waals surface area contributed by atoms with Crippen molar-refractivity contribution in [3.8, 4) is 0 Å². The molecule has 2 nitrogen and oxygen atoms in total. The SMILES string of the molecule is C/C(=C1/SC(=S)NC1=O)c1cccc(C)c1. The fourth-order valence-corrected chi connectivity index (χ4v) is 2.66. The minimum Gasteiger partial charge on any atom is -0.307 e. The van der Waals surface area contributed by atoms with Crippen molar-refractivity contribution in [1.82, 2.24) is 5.32 Å². The lowest BCUT2D eigenvalue weighted by molar-refractivity contribution is -0.115. The second-order valence-electron chi connectivity index (χ2n) is 3.67. The Labute approximate surface area is 104 Å². The smallest absolute Gasteiger partial charge is 0.263 e. The molecule has 0 unspecified atom stereocenters. The molecule has 16 heavy (non-hydrogen) atoms. The van der Waals surface area contributed by atoms with Crippen molar-refractivity contribution in [2.24, 2.45) is 0 Å². The van der Waals surface area contributed by atoms with Crippen molar-refractivity contribution in [2.75, 3.05) is 0 Å². The second-order valence-corrected chi connectivity index (χ2v) is 5.35. The van der Waals surface area contributed by atoms with Crippen LogP contribution in [0.1, 0.15) is 18.1 Å². The normalized spacial score (nSPS) is 18.6. The van der Waals surface area contributed by atoms with Gasteiger partial charge in [0.15, 0.2) is 0 Å². The van der Waals surface area contributed by atoms with Gasteiger partial charge in [0.25, 0.3) is 5.91 Å². The largest absolute Gasteiger partial charge is 0.307 e. The van der Waals surface area contributed by atoms with Gasteiger partial charge in [-0.1, -0.05) is 53.8 Å². The molecular weight excluding hydrogens is 238 g/mol. The number of amides is 1. The number of benzene rings is 1. The first-order valence-electron chi connectivity index (χ1n) is 4.89. The van der Waals surface area contributed by atoms with Gasteiger partial charge in [0, 0.05) is 0 Å². The summed E-state index contributed by atoms with van der Waals surface area (Å²) in [7, 11) is 0. The summed E-state index contributed by atoms with van der Waals surface area (Å²) >= 11 is 6.30. The van der Waals surface area contributed by atoms with Crippen LogP contribution < -0.4 is 5.32 Å². The lowest BCUT2D eigenvalue weighted by atomic mass is 10.0. The van der Waals surface area contributed by atoms with Crippen LogP contribution in [0.4, 0.5) is 0 Å². The second kappa shape index (κ2) is 4.39. The van der Waals surface area contributed by atoms with Crippen LogP contribution in [-0.4, -0.2) is 10.2 Å². The molecule has 1 amide bonds. The van der Waals surface area contributed by atoms with E-state index in [1.54, 1.807) is 0 Å². The van der Waals surface area contributed by atoms with E-state index in [-0.39, 0.29) is 5.91 Å². The Morgan fingerprint density at radius 2 is 2.19 bits per heavy atom. The van der Waals surface area contributed by atoms with Gasteiger partial charge in [-0.25, -0.2) is 0 Å². The van der Waals surface area contributed by atoms with Crippen LogP contribution >= 0.6 is 24.0 Å². The molecule has 0 saturated carbocycles. The first-order chi connectivity index (χ1) is 7.58. The number of thioether (sulfide) groups is 1. The van der Waals surface area contributed by atoms with Crippen LogP contribution in [0.5, 0.6) is 0 Å². The van der Waals surface area contributed by atoms with Crippen molar-refractivity contribution in [3.05, 3.63) is 40.3 Å². The Morgan fingerprint density at radius 3 is 2.75 bits per heavy atom. The molecule has 0 aliphatic carbocycles. The monoisotopic (exact) mass is 249 g/mol. The van der Waals surface area contributed by atoms with E-state index in [9.17, 15) is 4.79 Å². The molecule has 0 atom stereocenters. The maximum Gasteiger partial charge on any atom is 0.263 e. The Morgan fingerprint density at radius 1 is 1.44 bits per heavy atom. The van der Waals surface area contributed by atoms with Crippen LogP contribution in [0.15, 0.2) is 29.2 Å². The zero-order valence-corrected chi connectivity index (χ0v) is 10.7. The van der Waals surface area contributed by atoms with Gasteiger partial charge in [0.1, 0.15) is 4.32 Å². The third-order valence-corrected chi connectivity index (χ3v) is 3.74. The lowest BCUT2D eigenvalue weighted by Crippen LogP contribution is -2.18. The number of carbonyl (C=O) groups excluding carboxylic acids is 1. The van der Waals surface area contributed by atoms with Crippen molar-refractivity contribution in [2.45, 2.75) is 13.8 Å². The molecule has 1 aromatic carbocycles. The van der Waals surface area contributed by atoms with Gasteiger partial charge in [-0.3, -0.25) is 4.79 Å². The average Bonchev–Trinajstić information content (AvgIpc) is 2.57. The number of hydrogen-bond acceptors (Lipinski definition) is 3. The minimum absolute atomic E-state index is 0.0889. The van der Waals surface area contributed by atoms with Crippen molar-refractivity contribution >= 4 is 39.8 Å². The molecule has 82 valence electrons. The van der Waals surface area contributed by atoms with E-state index in [4.69, 9.17) is 12.2 Å². The van der Waals surface area contributed by atoms with Gasteiger partial charge in [0.2, 0.25) is 0 Å². The zero-order valence-electron chi connectivity index (χ0n) is 9.03. The van der Waals surface area contributed by atoms with Gasteiger partial charge in [0.05, 0.1) is 4.91 Å². The van der Waals surface area contributed by atoms with Crippen LogP contribution in [0, 0.1) is 6.92 Å². The van der Waals surface area contributed by atoms with E-state index >= 15 is 0 Å². The molecular formula is C12H11NOS2. The Bertz CT molecular complexity index is 505. The minimum atomic E-state index is -0.0889. The van der Waals surface area contributed by atoms with Crippen molar-refractivity contribution < 1.29 is 4.79 Å². The molecule has 1 aliphatic heterocycles. The first kappa shape index (κ1) is 11.4. The summed E-state index contributed by atoms with van der Waals surface area (Å²) in [5.74, 6) is -0.0889. The third kappa shape index (κ3) is 2.18. The van der Waals surface area contributed by atoms with Crippen LogP contribution in [-0.2, 0) is 4.79 Å². The highest BCUT2D eigenvalue weighted by atomic mass is 32.2. The molecule has 0 spiro atoms. The number of nitrogens with one attached hydrogen (secondary N) is 1. The van der Waals surface area contributed by atoms with E-state index in [0.717, 1.165) is 11.1 Å². The van der Waals surface area contributed by atoms with Crippen molar-refractivity contribution in [3.63, 3.8) is 0 Å². The summed E-state index contributed by atoms with van der Waals surface area (Å²) in [6.07, 6.45) is 0. The topological polar surface area (TPSA) is 29.1 Å². The predicted octanol–water partition coefficient (Wildman–Crippen LogP) is 2.87. The molecule has 1 N–H and O–H groups in total. The maximum atomic E-state index is 11.6. The maximum absolute atomic E-state index is 11.6. The summed E-state index contributed by atoms with van der Waals surface area (Å²) in [5.41, 5.74) is 3.23. The highest BCUT2D eigenvalue weighted by Gasteiger charge is 2.24. The van der Waals surface area contributed by atoms with Crippen LogP contribution in [0.2, 0.25) is 0 Å². The molecule has 1 saturated heterocycles. The van der Waals surface area contributed by atoms with E-state index in [1.807, 2.05) is 32.0 Å². The number of rotatable bonds is 1. The van der Waals surface area contributed by atoms with E-state index in [2.05, 4.69) is 11.4 Å². The molecule has 1 aromatic rings. The standard InChI is InChI=1S/C12H11NOS2/c1-7-4-3-5-9(6-7)8(2)10-11(14)13-12(15)16-10/h3-6H,1-2H3,(H,13,14,15)/b10-8-. The van der Waals surface area contributed by atoms with Gasteiger partial charge >= 0.3 is 0 Å². The fourth-order valence-electron chi connectivity index (χ4n) is 1.57. The average molecular weight is 249 g/mol. The molecule has 0 radical (unpaired) electrons. The van der Waals surface area contributed by atoms with Gasteiger partial charge in [-0.05, 0) is 25.0 Å². The molecule has 0 aromatic heterocycles. The van der Waals surface area contributed by atoms with E-state index < -0.39 is 0 Å². The Hall–Kier alpha value is -1.13. The number of hydrogen-bond donors (Lipinski definition) is 1. The summed E-state index contributed by atoms with van der Waals surface area (Å²) < 4.78 is 0.534. The summed E-state index contributed by atoms with van der Waals surface area (Å²) in [4.78, 5) is 12.3. The van der Waals surface area contributed by atoms with E-state index in [1.165, 1.54) is 17.3 Å². The van der Waals surface area contributed by atoms with Gasteiger partial charge in [-0.2, -0.15) is 0 Å². The summed E-state index contributed by atoms with van der Waals surface area (Å²) in [6, 6.07) is 8.10. The highest BCUT2D eigenvalue weighted by molar-refractivity contribution is 8.26. The molecule has 4 heteroatoms. The predicted molar refractivity (Wildman–Crippen MR) is 72.1 cm³/mol. The Balaban J connectivity index is 2.45. The molecule has 2 rings (SSSR count). The van der Waals surface area contributed by atoms with Gasteiger partial charge < -0.3 is 5.32 Å². The van der Waals surface area contributed by atoms with Crippen molar-refractivity contribution in [1.29, 1.82) is 0 Å². The summed E-state index contributed by atoms with van der Waals surface area (Å²) in [5, 5.41) is 2.63. The number of thiocarbonyl (C=S) groups is 1. The highest BCUT2D eigenvalue weighted by Crippen LogP contribution is 2.31. The van der Waals surface area contributed by atoms with Crippen LogP contribution in [0.25, 0.3) is 5.57 Å². The van der Waals surface area contributed by atoms with Crippen LogP contribution in [0.3, 0.4) is 0 Å². The number of aryl methyl sites for hydroxylation is 1. The summed E-state index contributed by atoms with van der Waals surface area (Å²) in [6.45, 7) is 3.98.